The van der Waals surface area contributed by atoms with Crippen LogP contribution in [0.2, 0.25) is 0 Å². The predicted octanol–water partition coefficient (Wildman–Crippen LogP) is 2.68. The number of fused-ring (bicyclic) bond motifs is 2. The highest BCUT2D eigenvalue weighted by atomic mass is 16.5. The minimum atomic E-state index is -0.681. The SMILES string of the molecule is C=C(NC(=O)C(=C)N1Cc2c(cccc2-c2ccc3c(c2)N(C)C(=O)CO3)C1=O)C(=O)N(C)C(C)C. The molecule has 4 amide bonds. The Labute approximate surface area is 209 Å². The highest BCUT2D eigenvalue weighted by Gasteiger charge is 2.34. The van der Waals surface area contributed by atoms with Crippen molar-refractivity contribution in [3.8, 4) is 16.9 Å². The van der Waals surface area contributed by atoms with Gasteiger partial charge in [0.2, 0.25) is 0 Å². The van der Waals surface area contributed by atoms with Gasteiger partial charge in [0.05, 0.1) is 17.9 Å². The quantitative estimate of drug-likeness (QED) is 0.631. The first kappa shape index (κ1) is 24.7. The molecule has 0 atom stereocenters. The first-order valence-electron chi connectivity index (χ1n) is 11.4. The van der Waals surface area contributed by atoms with Gasteiger partial charge in [-0.15, -0.1) is 0 Å². The molecule has 0 saturated heterocycles. The third-order valence-corrected chi connectivity index (χ3v) is 6.53. The Morgan fingerprint density at radius 3 is 2.50 bits per heavy atom. The first-order chi connectivity index (χ1) is 17.0. The van der Waals surface area contributed by atoms with Crippen molar-refractivity contribution in [2.75, 3.05) is 25.6 Å². The molecule has 0 unspecified atom stereocenters. The molecule has 9 nitrogen and oxygen atoms in total. The van der Waals surface area contributed by atoms with E-state index >= 15 is 0 Å². The van der Waals surface area contributed by atoms with Gasteiger partial charge < -0.3 is 19.9 Å². The second-order valence-electron chi connectivity index (χ2n) is 9.04. The van der Waals surface area contributed by atoms with E-state index in [-0.39, 0.29) is 42.4 Å². The minimum absolute atomic E-state index is 0.0109. The highest BCUT2D eigenvalue weighted by molar-refractivity contribution is 6.08. The number of anilines is 1. The standard InChI is InChI=1S/C27H28N4O5/c1-15(2)29(5)26(34)16(3)28-25(33)17(4)31-13-21-19(8-7-9-20(21)27(31)35)18-10-11-23-22(12-18)30(6)24(32)14-36-23/h7-12,15H,3-4,13-14H2,1-2,5-6H3,(H,28,33). The van der Waals surface area contributed by atoms with Gasteiger partial charge in [0, 0.05) is 25.7 Å². The van der Waals surface area contributed by atoms with Gasteiger partial charge in [0.1, 0.15) is 11.4 Å². The lowest BCUT2D eigenvalue weighted by Gasteiger charge is -2.26. The topological polar surface area (TPSA) is 99.3 Å². The van der Waals surface area contributed by atoms with Crippen LogP contribution in [0.5, 0.6) is 5.75 Å². The molecule has 2 aliphatic rings. The number of ether oxygens (including phenoxy) is 1. The van der Waals surface area contributed by atoms with Gasteiger partial charge in [-0.2, -0.15) is 0 Å². The van der Waals surface area contributed by atoms with E-state index in [9.17, 15) is 19.2 Å². The van der Waals surface area contributed by atoms with Crippen molar-refractivity contribution in [3.63, 3.8) is 0 Å². The summed E-state index contributed by atoms with van der Waals surface area (Å²) in [5.41, 5.74) is 3.23. The lowest BCUT2D eigenvalue weighted by Crippen LogP contribution is -2.41. The average molecular weight is 489 g/mol. The Morgan fingerprint density at radius 1 is 1.11 bits per heavy atom. The van der Waals surface area contributed by atoms with Crippen LogP contribution in [0, 0.1) is 0 Å². The molecule has 0 radical (unpaired) electrons. The maximum Gasteiger partial charge on any atom is 0.271 e. The number of nitrogens with one attached hydrogen (secondary N) is 1. The Morgan fingerprint density at radius 2 is 1.81 bits per heavy atom. The number of benzene rings is 2. The Hall–Kier alpha value is -4.40. The molecule has 0 aromatic heterocycles. The average Bonchev–Trinajstić information content (AvgIpc) is 3.21. The summed E-state index contributed by atoms with van der Waals surface area (Å²) in [4.78, 5) is 54.8. The molecule has 2 aromatic rings. The van der Waals surface area contributed by atoms with Crippen LogP contribution in [0.15, 0.2) is 61.0 Å². The second-order valence-corrected chi connectivity index (χ2v) is 9.04. The summed E-state index contributed by atoms with van der Waals surface area (Å²) in [5.74, 6) is -1.02. The van der Waals surface area contributed by atoms with Crippen molar-refractivity contribution in [2.24, 2.45) is 0 Å². The number of amides is 4. The van der Waals surface area contributed by atoms with E-state index in [1.54, 1.807) is 37.2 Å². The molecule has 0 fully saturated rings. The van der Waals surface area contributed by atoms with E-state index in [0.717, 1.165) is 16.7 Å². The molecular formula is C27H28N4O5. The lowest BCUT2D eigenvalue weighted by atomic mass is 9.96. The van der Waals surface area contributed by atoms with Crippen LogP contribution >= 0.6 is 0 Å². The van der Waals surface area contributed by atoms with Crippen LogP contribution in [0.3, 0.4) is 0 Å². The number of hydrogen-bond acceptors (Lipinski definition) is 5. The van der Waals surface area contributed by atoms with E-state index in [0.29, 0.717) is 17.0 Å². The maximum atomic E-state index is 13.2. The third-order valence-electron chi connectivity index (χ3n) is 6.53. The molecular weight excluding hydrogens is 460 g/mol. The Kier molecular flexibility index (Phi) is 6.41. The molecule has 2 aliphatic heterocycles. The summed E-state index contributed by atoms with van der Waals surface area (Å²) in [5, 5.41) is 2.46. The van der Waals surface area contributed by atoms with Gasteiger partial charge >= 0.3 is 0 Å². The van der Waals surface area contributed by atoms with Gasteiger partial charge in [-0.25, -0.2) is 0 Å². The van der Waals surface area contributed by atoms with Crippen LogP contribution in [0.1, 0.15) is 29.8 Å². The summed E-state index contributed by atoms with van der Waals surface area (Å²) in [6.07, 6.45) is 0. The van der Waals surface area contributed by atoms with E-state index in [4.69, 9.17) is 4.74 Å². The van der Waals surface area contributed by atoms with Gasteiger partial charge in [-0.05, 0) is 48.7 Å². The number of nitrogens with zero attached hydrogens (tertiary/aromatic N) is 3. The normalized spacial score (nSPS) is 14.2. The fraction of sp³-hybridized carbons (Fsp3) is 0.259. The Balaban J connectivity index is 1.57. The van der Waals surface area contributed by atoms with Gasteiger partial charge in [-0.1, -0.05) is 31.4 Å². The van der Waals surface area contributed by atoms with E-state index in [1.165, 1.54) is 9.80 Å². The predicted molar refractivity (Wildman–Crippen MR) is 135 cm³/mol. The van der Waals surface area contributed by atoms with Crippen LogP contribution < -0.4 is 15.0 Å². The molecule has 0 saturated carbocycles. The van der Waals surface area contributed by atoms with Gasteiger partial charge in [-0.3, -0.25) is 24.1 Å². The fourth-order valence-electron chi connectivity index (χ4n) is 4.09. The zero-order valence-electron chi connectivity index (χ0n) is 20.8. The van der Waals surface area contributed by atoms with Crippen molar-refractivity contribution < 1.29 is 23.9 Å². The monoisotopic (exact) mass is 488 g/mol. The second kappa shape index (κ2) is 9.33. The molecule has 9 heteroatoms. The molecule has 2 aromatic carbocycles. The largest absolute Gasteiger partial charge is 0.482 e. The zero-order valence-corrected chi connectivity index (χ0v) is 20.8. The number of carbonyl (C=O) groups is 4. The van der Waals surface area contributed by atoms with Crippen molar-refractivity contribution in [2.45, 2.75) is 26.4 Å². The number of likely N-dealkylation sites (N-methyl/N-ethyl adjacent to an activating group) is 2. The Bertz CT molecular complexity index is 1330. The summed E-state index contributed by atoms with van der Waals surface area (Å²) in [6.45, 7) is 11.3. The highest BCUT2D eigenvalue weighted by Crippen LogP contribution is 2.39. The van der Waals surface area contributed by atoms with Crippen molar-refractivity contribution in [3.05, 3.63) is 72.1 Å². The molecule has 0 spiro atoms. The van der Waals surface area contributed by atoms with Crippen molar-refractivity contribution >= 4 is 29.3 Å². The maximum absolute atomic E-state index is 13.2. The zero-order chi connectivity index (χ0) is 26.3. The smallest absolute Gasteiger partial charge is 0.271 e. The lowest BCUT2D eigenvalue weighted by molar-refractivity contribution is -0.129. The molecule has 2 heterocycles. The van der Waals surface area contributed by atoms with Crippen LogP contribution in [-0.2, 0) is 20.9 Å². The fourth-order valence-corrected chi connectivity index (χ4v) is 4.09. The molecule has 1 N–H and O–H groups in total. The van der Waals surface area contributed by atoms with Gasteiger partial charge in [0.25, 0.3) is 23.6 Å². The van der Waals surface area contributed by atoms with Gasteiger partial charge in [0.15, 0.2) is 6.61 Å². The number of hydrogen-bond donors (Lipinski definition) is 1. The minimum Gasteiger partial charge on any atom is -0.482 e. The van der Waals surface area contributed by atoms with Crippen LogP contribution in [0.4, 0.5) is 5.69 Å². The van der Waals surface area contributed by atoms with Crippen LogP contribution in [0.25, 0.3) is 11.1 Å². The van der Waals surface area contributed by atoms with Crippen LogP contribution in [-0.4, -0.2) is 60.2 Å². The molecule has 186 valence electrons. The molecule has 0 aliphatic carbocycles. The first-order valence-corrected chi connectivity index (χ1v) is 11.4. The summed E-state index contributed by atoms with van der Waals surface area (Å²) in [7, 11) is 3.30. The summed E-state index contributed by atoms with van der Waals surface area (Å²) < 4.78 is 5.51. The summed E-state index contributed by atoms with van der Waals surface area (Å²) in [6, 6.07) is 10.8. The third kappa shape index (κ3) is 4.24. The van der Waals surface area contributed by atoms with Crippen molar-refractivity contribution in [1.82, 2.24) is 15.1 Å². The van der Waals surface area contributed by atoms with E-state index in [1.807, 2.05) is 32.0 Å². The number of carbonyl (C=O) groups excluding carboxylic acids is 4. The van der Waals surface area contributed by atoms with Crippen molar-refractivity contribution in [1.29, 1.82) is 0 Å². The van der Waals surface area contributed by atoms with E-state index in [2.05, 4.69) is 18.5 Å². The van der Waals surface area contributed by atoms with E-state index < -0.39 is 11.8 Å². The molecule has 0 bridgehead atoms. The summed E-state index contributed by atoms with van der Waals surface area (Å²) >= 11 is 0. The number of rotatable bonds is 6. The molecule has 4 rings (SSSR count). The molecule has 36 heavy (non-hydrogen) atoms.